The van der Waals surface area contributed by atoms with Gasteiger partial charge in [-0.05, 0) is 31.5 Å². The average molecular weight is 335 g/mol. The van der Waals surface area contributed by atoms with Crippen LogP contribution in [0.4, 0.5) is 4.79 Å². The van der Waals surface area contributed by atoms with E-state index in [9.17, 15) is 15.0 Å². The van der Waals surface area contributed by atoms with Crippen LogP contribution in [0.25, 0.3) is 11.4 Å². The van der Waals surface area contributed by atoms with E-state index in [4.69, 9.17) is 4.74 Å². The molecule has 9 nitrogen and oxygen atoms in total. The second kappa shape index (κ2) is 7.37. The number of nitrogens with zero attached hydrogens (tertiary/aromatic N) is 3. The molecule has 1 aromatic carbocycles. The van der Waals surface area contributed by atoms with Gasteiger partial charge in [-0.25, -0.2) is 4.79 Å². The smallest absolute Gasteiger partial charge is 0.407 e. The number of aromatic nitrogens is 4. The molecule has 1 aromatic heterocycles. The summed E-state index contributed by atoms with van der Waals surface area (Å²) < 4.78 is 5.07. The molecule has 24 heavy (non-hydrogen) atoms. The zero-order valence-corrected chi connectivity index (χ0v) is 13.7. The van der Waals surface area contributed by atoms with Gasteiger partial charge in [0, 0.05) is 12.1 Å². The van der Waals surface area contributed by atoms with Gasteiger partial charge < -0.3 is 20.3 Å². The maximum absolute atomic E-state index is 11.5. The lowest BCUT2D eigenvalue weighted by Gasteiger charge is -2.22. The number of aliphatic hydroxyl groups excluding tert-OH is 2. The summed E-state index contributed by atoms with van der Waals surface area (Å²) in [6, 6.07) is 6.70. The summed E-state index contributed by atoms with van der Waals surface area (Å²) in [5.74, 6) is 0.434. The first kappa shape index (κ1) is 17.8. The molecule has 0 radical (unpaired) electrons. The first-order chi connectivity index (χ1) is 11.3. The molecular weight excluding hydrogens is 314 g/mol. The highest BCUT2D eigenvalue weighted by atomic mass is 16.6. The molecule has 130 valence electrons. The van der Waals surface area contributed by atoms with Crippen molar-refractivity contribution in [2.45, 2.75) is 38.6 Å². The van der Waals surface area contributed by atoms with Gasteiger partial charge in [0.05, 0.1) is 0 Å². The van der Waals surface area contributed by atoms with Gasteiger partial charge in [0.25, 0.3) is 0 Å². The lowest BCUT2D eigenvalue weighted by atomic mass is 10.0. The molecule has 0 aliphatic heterocycles. The number of hydrogen-bond donors (Lipinski definition) is 4. The summed E-state index contributed by atoms with van der Waals surface area (Å²) in [5.41, 5.74) is 0.598. The number of carbonyl (C=O) groups excluding carboxylic acids is 1. The van der Waals surface area contributed by atoms with Crippen molar-refractivity contribution >= 4 is 6.09 Å². The van der Waals surface area contributed by atoms with Crippen LogP contribution in [-0.4, -0.2) is 55.2 Å². The maximum atomic E-state index is 11.5. The van der Waals surface area contributed by atoms with E-state index in [2.05, 4.69) is 25.9 Å². The third kappa shape index (κ3) is 5.00. The first-order valence-corrected chi connectivity index (χ1v) is 7.43. The number of rotatable bonds is 5. The number of hydrogen-bond acceptors (Lipinski definition) is 7. The number of aliphatic hydroxyl groups is 2. The summed E-state index contributed by atoms with van der Waals surface area (Å²) in [5, 5.41) is 36.1. The van der Waals surface area contributed by atoms with Gasteiger partial charge in [0.15, 0.2) is 0 Å². The van der Waals surface area contributed by atoms with E-state index in [1.165, 1.54) is 0 Å². The zero-order valence-electron chi connectivity index (χ0n) is 13.7. The quantitative estimate of drug-likeness (QED) is 0.634. The topological polar surface area (TPSA) is 133 Å². The Balaban J connectivity index is 1.91. The Morgan fingerprint density at radius 2 is 1.96 bits per heavy atom. The van der Waals surface area contributed by atoms with Crippen LogP contribution in [0.1, 0.15) is 32.4 Å². The van der Waals surface area contributed by atoms with Crippen molar-refractivity contribution in [3.63, 3.8) is 0 Å². The van der Waals surface area contributed by atoms with Crippen LogP contribution in [0.3, 0.4) is 0 Å². The van der Waals surface area contributed by atoms with Crippen LogP contribution in [0, 0.1) is 0 Å². The van der Waals surface area contributed by atoms with Crippen LogP contribution in [-0.2, 0) is 4.74 Å². The van der Waals surface area contributed by atoms with Crippen molar-refractivity contribution in [3.05, 3.63) is 29.8 Å². The SMILES string of the molecule is CC(C)(C)OC(=O)NCC(O)C(O)c1ccc(-c2nn[nH]n2)cc1. The lowest BCUT2D eigenvalue weighted by molar-refractivity contribution is 0.0129. The number of alkyl carbamates (subject to hydrolysis) is 1. The molecule has 0 saturated heterocycles. The number of aromatic amines is 1. The predicted molar refractivity (Wildman–Crippen MR) is 84.8 cm³/mol. The van der Waals surface area contributed by atoms with Crippen LogP contribution in [0.2, 0.25) is 0 Å². The number of benzene rings is 1. The molecule has 0 spiro atoms. The van der Waals surface area contributed by atoms with Gasteiger partial charge in [-0.2, -0.15) is 5.21 Å². The number of ether oxygens (including phenoxy) is 1. The molecule has 9 heteroatoms. The summed E-state index contributed by atoms with van der Waals surface area (Å²) in [7, 11) is 0. The van der Waals surface area contributed by atoms with E-state index in [0.717, 1.165) is 5.56 Å². The Morgan fingerprint density at radius 1 is 1.29 bits per heavy atom. The lowest BCUT2D eigenvalue weighted by Crippen LogP contribution is -2.38. The van der Waals surface area contributed by atoms with E-state index >= 15 is 0 Å². The fourth-order valence-corrected chi connectivity index (χ4v) is 1.95. The van der Waals surface area contributed by atoms with Crippen LogP contribution < -0.4 is 5.32 Å². The molecule has 2 aromatic rings. The van der Waals surface area contributed by atoms with Crippen molar-refractivity contribution in [1.29, 1.82) is 0 Å². The molecule has 2 rings (SSSR count). The molecule has 2 unspecified atom stereocenters. The number of amides is 1. The second-order valence-electron chi connectivity index (χ2n) is 6.25. The van der Waals surface area contributed by atoms with Gasteiger partial charge in [0.2, 0.25) is 5.82 Å². The van der Waals surface area contributed by atoms with Crippen LogP contribution in [0.5, 0.6) is 0 Å². The highest BCUT2D eigenvalue weighted by Gasteiger charge is 2.21. The van der Waals surface area contributed by atoms with E-state index in [1.807, 2.05) is 0 Å². The Hall–Kier alpha value is -2.52. The van der Waals surface area contributed by atoms with E-state index in [-0.39, 0.29) is 6.54 Å². The van der Waals surface area contributed by atoms with Gasteiger partial charge in [-0.3, -0.25) is 0 Å². The van der Waals surface area contributed by atoms with Crippen molar-refractivity contribution < 1.29 is 19.7 Å². The number of carbonyl (C=O) groups is 1. The van der Waals surface area contributed by atoms with Crippen molar-refractivity contribution in [1.82, 2.24) is 25.9 Å². The largest absolute Gasteiger partial charge is 0.444 e. The molecule has 4 N–H and O–H groups in total. The Morgan fingerprint density at radius 3 is 2.50 bits per heavy atom. The zero-order chi connectivity index (χ0) is 17.7. The standard InChI is InChI=1S/C15H21N5O4/c1-15(2,3)24-14(23)16-8-11(21)12(22)9-4-6-10(7-5-9)13-17-19-20-18-13/h4-7,11-12,21-22H,8H2,1-3H3,(H,16,23)(H,17,18,19,20). The predicted octanol–water partition coefficient (Wildman–Crippen LogP) is 0.786. The van der Waals surface area contributed by atoms with Gasteiger partial charge in [-0.15, -0.1) is 10.2 Å². The molecule has 0 aliphatic rings. The molecule has 0 bridgehead atoms. The van der Waals surface area contributed by atoms with Crippen LogP contribution in [0.15, 0.2) is 24.3 Å². The summed E-state index contributed by atoms with van der Waals surface area (Å²) in [6.45, 7) is 5.08. The Labute approximate surface area is 139 Å². The number of nitrogens with one attached hydrogen (secondary N) is 2. The maximum Gasteiger partial charge on any atom is 0.407 e. The van der Waals surface area contributed by atoms with Gasteiger partial charge in [0.1, 0.15) is 17.8 Å². The fraction of sp³-hybridized carbons (Fsp3) is 0.467. The van der Waals surface area contributed by atoms with Crippen molar-refractivity contribution in [3.8, 4) is 11.4 Å². The van der Waals surface area contributed by atoms with Crippen molar-refractivity contribution in [2.75, 3.05) is 6.54 Å². The Kier molecular flexibility index (Phi) is 5.47. The highest BCUT2D eigenvalue weighted by molar-refractivity contribution is 5.67. The van der Waals surface area contributed by atoms with Gasteiger partial charge in [-0.1, -0.05) is 24.3 Å². The minimum atomic E-state index is -1.17. The van der Waals surface area contributed by atoms with E-state index < -0.39 is 23.9 Å². The molecule has 1 heterocycles. The van der Waals surface area contributed by atoms with E-state index in [1.54, 1.807) is 45.0 Å². The molecule has 0 aliphatic carbocycles. The third-order valence-corrected chi connectivity index (χ3v) is 3.07. The average Bonchev–Trinajstić information content (AvgIpc) is 3.05. The Bertz CT molecular complexity index is 652. The minimum absolute atomic E-state index is 0.136. The van der Waals surface area contributed by atoms with Gasteiger partial charge >= 0.3 is 6.09 Å². The fourth-order valence-electron chi connectivity index (χ4n) is 1.95. The first-order valence-electron chi connectivity index (χ1n) is 7.43. The molecule has 2 atom stereocenters. The second-order valence-corrected chi connectivity index (χ2v) is 6.25. The molecule has 0 saturated carbocycles. The summed E-state index contributed by atoms with van der Waals surface area (Å²) >= 11 is 0. The summed E-state index contributed by atoms with van der Waals surface area (Å²) in [4.78, 5) is 11.5. The monoisotopic (exact) mass is 335 g/mol. The molecule has 0 fully saturated rings. The minimum Gasteiger partial charge on any atom is -0.444 e. The number of H-pyrrole nitrogens is 1. The molecular formula is C15H21N5O4. The normalized spacial score (nSPS) is 14.0. The summed E-state index contributed by atoms with van der Waals surface area (Å²) in [6.07, 6.45) is -2.98. The molecule has 1 amide bonds. The third-order valence-electron chi connectivity index (χ3n) is 3.07. The van der Waals surface area contributed by atoms with Crippen LogP contribution >= 0.6 is 0 Å². The number of tetrazole rings is 1. The van der Waals surface area contributed by atoms with Crippen molar-refractivity contribution in [2.24, 2.45) is 0 Å². The van der Waals surface area contributed by atoms with E-state index in [0.29, 0.717) is 11.4 Å². The highest BCUT2D eigenvalue weighted by Crippen LogP contribution is 2.20.